The second-order valence-corrected chi connectivity index (χ2v) is 7.09. The van der Waals surface area contributed by atoms with E-state index >= 15 is 0 Å². The first-order chi connectivity index (χ1) is 7.53. The monoisotopic (exact) mass is 340 g/mol. The van der Waals surface area contributed by atoms with Gasteiger partial charge in [0.05, 0.1) is 0 Å². The van der Waals surface area contributed by atoms with Gasteiger partial charge in [-0.25, -0.2) is 0 Å². The van der Waals surface area contributed by atoms with E-state index in [1.165, 1.54) is 0 Å². The van der Waals surface area contributed by atoms with E-state index in [-0.39, 0.29) is 18.9 Å². The Morgan fingerprint density at radius 1 is 0.625 bits per heavy atom. The molecule has 0 amide bonds. The van der Waals surface area contributed by atoms with Crippen molar-refractivity contribution in [2.24, 2.45) is 0 Å². The van der Waals surface area contributed by atoms with E-state index in [4.69, 9.17) is 22.8 Å². The van der Waals surface area contributed by atoms with Crippen LogP contribution in [0.1, 0.15) is 20.8 Å². The molecule has 16 heavy (non-hydrogen) atoms. The standard InChI is InChI=1S/3C3H7O2.In/c3*1-3(4)5-2;/h3*3H,1-2H3;/q3*-1;+3. The van der Waals surface area contributed by atoms with Crippen molar-refractivity contribution in [3.05, 3.63) is 0 Å². The molecule has 0 spiro atoms. The van der Waals surface area contributed by atoms with Crippen LogP contribution in [0.4, 0.5) is 0 Å². The Bertz CT molecular complexity index is 142. The number of hydrogen-bond donors (Lipinski definition) is 0. The molecule has 0 aromatic carbocycles. The van der Waals surface area contributed by atoms with Crippen LogP contribution in [0.15, 0.2) is 0 Å². The van der Waals surface area contributed by atoms with Crippen molar-refractivity contribution in [2.75, 3.05) is 21.3 Å². The van der Waals surface area contributed by atoms with Crippen LogP contribution in [0.2, 0.25) is 0 Å². The summed E-state index contributed by atoms with van der Waals surface area (Å²) in [5, 5.41) is 0. The molecule has 0 aliphatic carbocycles. The maximum atomic E-state index is 5.53. The van der Waals surface area contributed by atoms with Crippen molar-refractivity contribution in [3.8, 4) is 0 Å². The van der Waals surface area contributed by atoms with Gasteiger partial charge in [-0.05, 0) is 0 Å². The Hall–Kier alpha value is 0.630. The first-order valence-corrected chi connectivity index (χ1v) is 9.11. The third-order valence-electron chi connectivity index (χ3n) is 1.90. The molecule has 3 unspecified atom stereocenters. The molecule has 0 N–H and O–H groups in total. The molecular formula is C9H21InO6. The van der Waals surface area contributed by atoms with Gasteiger partial charge in [-0.1, -0.05) is 0 Å². The first kappa shape index (κ1) is 16.6. The molecule has 6 nitrogen and oxygen atoms in total. The molecule has 7 heteroatoms. The predicted octanol–water partition coefficient (Wildman–Crippen LogP) is 0.998. The van der Waals surface area contributed by atoms with Gasteiger partial charge < -0.3 is 0 Å². The second kappa shape index (κ2) is 9.64. The number of ether oxygens (including phenoxy) is 3. The normalized spacial score (nSPS) is 16.9. The zero-order valence-electron chi connectivity index (χ0n) is 10.8. The average Bonchev–Trinajstić information content (AvgIpc) is 2.28. The van der Waals surface area contributed by atoms with E-state index in [9.17, 15) is 0 Å². The molecule has 0 saturated heterocycles. The molecular weight excluding hydrogens is 319 g/mol. The van der Waals surface area contributed by atoms with Crippen molar-refractivity contribution in [1.82, 2.24) is 0 Å². The quantitative estimate of drug-likeness (QED) is 0.584. The summed E-state index contributed by atoms with van der Waals surface area (Å²) >= 11 is -3.07. The molecule has 0 rings (SSSR count). The Labute approximate surface area is 106 Å². The van der Waals surface area contributed by atoms with E-state index < -0.39 is 22.7 Å². The minimum absolute atomic E-state index is 0.353. The maximum absolute atomic E-state index is 5.53. The molecule has 96 valence electrons. The molecule has 0 radical (unpaired) electrons. The summed E-state index contributed by atoms with van der Waals surface area (Å²) < 4.78 is 31.6. The van der Waals surface area contributed by atoms with Crippen molar-refractivity contribution < 1.29 is 22.8 Å². The molecule has 0 aliphatic rings. The Balaban J connectivity index is 4.15. The second-order valence-electron chi connectivity index (χ2n) is 3.11. The van der Waals surface area contributed by atoms with E-state index in [1.54, 1.807) is 42.1 Å². The van der Waals surface area contributed by atoms with Crippen LogP contribution < -0.4 is 0 Å². The fourth-order valence-corrected chi connectivity index (χ4v) is 4.91. The third kappa shape index (κ3) is 7.83. The molecule has 0 bridgehead atoms. The number of hydrogen-bond acceptors (Lipinski definition) is 6. The Kier molecular flexibility index (Phi) is 10.0. The van der Waals surface area contributed by atoms with Crippen LogP contribution in [-0.2, 0) is 22.8 Å². The zero-order chi connectivity index (χ0) is 12.6. The molecule has 0 aromatic rings. The summed E-state index contributed by atoms with van der Waals surface area (Å²) in [7, 11) is 4.69. The van der Waals surface area contributed by atoms with Crippen molar-refractivity contribution in [3.63, 3.8) is 0 Å². The molecule has 0 fully saturated rings. The molecule has 0 aromatic heterocycles. The van der Waals surface area contributed by atoms with Crippen LogP contribution in [0.3, 0.4) is 0 Å². The van der Waals surface area contributed by atoms with E-state index in [0.717, 1.165) is 0 Å². The summed E-state index contributed by atoms with van der Waals surface area (Å²) in [4.78, 5) is 0. The minimum atomic E-state index is -3.07. The van der Waals surface area contributed by atoms with Crippen LogP contribution in [0, 0.1) is 0 Å². The molecule has 0 heterocycles. The van der Waals surface area contributed by atoms with Crippen molar-refractivity contribution >= 4 is 22.7 Å². The fourth-order valence-electron chi connectivity index (χ4n) is 0.732. The summed E-state index contributed by atoms with van der Waals surface area (Å²) in [6.07, 6.45) is -1.06. The van der Waals surface area contributed by atoms with E-state index in [2.05, 4.69) is 0 Å². The van der Waals surface area contributed by atoms with Gasteiger partial charge in [-0.3, -0.25) is 0 Å². The predicted molar refractivity (Wildman–Crippen MR) is 58.4 cm³/mol. The fraction of sp³-hybridized carbons (Fsp3) is 1.00. The summed E-state index contributed by atoms with van der Waals surface area (Å²) in [6, 6.07) is 0. The SMILES string of the molecule is COC(C)[O][In]([O]C(C)OC)[O]C(C)OC. The van der Waals surface area contributed by atoms with Crippen molar-refractivity contribution in [1.29, 1.82) is 0 Å². The van der Waals surface area contributed by atoms with Crippen LogP contribution >= 0.6 is 0 Å². The van der Waals surface area contributed by atoms with E-state index in [1.807, 2.05) is 0 Å². The number of rotatable bonds is 9. The molecule has 0 saturated carbocycles. The average molecular weight is 340 g/mol. The van der Waals surface area contributed by atoms with Gasteiger partial charge in [0.2, 0.25) is 0 Å². The summed E-state index contributed by atoms with van der Waals surface area (Å²) in [5.74, 6) is 0. The summed E-state index contributed by atoms with van der Waals surface area (Å²) in [5.41, 5.74) is 0. The molecule has 3 atom stereocenters. The third-order valence-corrected chi connectivity index (χ3v) is 7.09. The van der Waals surface area contributed by atoms with Gasteiger partial charge in [0.25, 0.3) is 0 Å². The van der Waals surface area contributed by atoms with Crippen LogP contribution in [-0.4, -0.2) is 62.9 Å². The Morgan fingerprint density at radius 3 is 1.06 bits per heavy atom. The van der Waals surface area contributed by atoms with Crippen LogP contribution in [0.25, 0.3) is 0 Å². The van der Waals surface area contributed by atoms with Gasteiger partial charge in [0.15, 0.2) is 0 Å². The van der Waals surface area contributed by atoms with Gasteiger partial charge in [0, 0.05) is 0 Å². The van der Waals surface area contributed by atoms with Gasteiger partial charge in [0.1, 0.15) is 0 Å². The Morgan fingerprint density at radius 2 is 0.875 bits per heavy atom. The van der Waals surface area contributed by atoms with Gasteiger partial charge in [-0.15, -0.1) is 0 Å². The molecule has 0 aliphatic heterocycles. The van der Waals surface area contributed by atoms with Gasteiger partial charge >= 0.3 is 106 Å². The summed E-state index contributed by atoms with van der Waals surface area (Å²) in [6.45, 7) is 5.35. The van der Waals surface area contributed by atoms with Gasteiger partial charge in [-0.2, -0.15) is 0 Å². The van der Waals surface area contributed by atoms with E-state index in [0.29, 0.717) is 0 Å². The topological polar surface area (TPSA) is 55.4 Å². The van der Waals surface area contributed by atoms with Crippen molar-refractivity contribution in [2.45, 2.75) is 39.6 Å². The first-order valence-electron chi connectivity index (χ1n) is 5.08. The number of methoxy groups -OCH3 is 3. The zero-order valence-corrected chi connectivity index (χ0v) is 14.1. The van der Waals surface area contributed by atoms with Crippen LogP contribution in [0.5, 0.6) is 0 Å².